The van der Waals surface area contributed by atoms with Gasteiger partial charge in [-0.1, -0.05) is 35.9 Å². The fourth-order valence-corrected chi connectivity index (χ4v) is 3.72. The molecule has 0 aromatic heterocycles. The molecule has 0 radical (unpaired) electrons. The molecular formula is C21H22ClFO2. The first-order valence-electron chi connectivity index (χ1n) is 8.78. The maximum absolute atomic E-state index is 13.9. The fraction of sp³-hybridized carbons (Fsp3) is 0.381. The molecule has 2 aromatic carbocycles. The summed E-state index contributed by atoms with van der Waals surface area (Å²) in [7, 11) is 0. The minimum atomic E-state index is -0.247. The van der Waals surface area contributed by atoms with Crippen LogP contribution in [-0.4, -0.2) is 12.6 Å². The van der Waals surface area contributed by atoms with E-state index in [1.165, 1.54) is 22.8 Å². The highest BCUT2D eigenvalue weighted by Gasteiger charge is 2.25. The molecule has 3 rings (SSSR count). The van der Waals surface area contributed by atoms with Gasteiger partial charge < -0.3 is 4.74 Å². The molecule has 4 heteroatoms. The summed E-state index contributed by atoms with van der Waals surface area (Å²) in [5.41, 5.74) is 4.26. The van der Waals surface area contributed by atoms with E-state index in [0.717, 1.165) is 25.7 Å². The van der Waals surface area contributed by atoms with E-state index in [4.69, 9.17) is 16.3 Å². The van der Waals surface area contributed by atoms with Crippen LogP contribution < -0.4 is 0 Å². The first-order valence-corrected chi connectivity index (χ1v) is 9.16. The third kappa shape index (κ3) is 4.21. The van der Waals surface area contributed by atoms with Gasteiger partial charge in [0.15, 0.2) is 0 Å². The van der Waals surface area contributed by atoms with E-state index in [1.54, 1.807) is 12.1 Å². The Hall–Kier alpha value is -1.87. The molecule has 1 aliphatic carbocycles. The third-order valence-electron chi connectivity index (χ3n) is 4.84. The first-order chi connectivity index (χ1) is 12.1. The number of halogens is 2. The van der Waals surface area contributed by atoms with Crippen LogP contribution in [-0.2, 0) is 35.2 Å². The van der Waals surface area contributed by atoms with Crippen molar-refractivity contribution < 1.29 is 13.9 Å². The van der Waals surface area contributed by atoms with Crippen LogP contribution in [0.5, 0.6) is 0 Å². The number of hydrogen-bond acceptors (Lipinski definition) is 2. The van der Waals surface area contributed by atoms with Crippen LogP contribution in [0.2, 0.25) is 5.02 Å². The molecule has 0 saturated carbocycles. The van der Waals surface area contributed by atoms with Gasteiger partial charge in [-0.25, -0.2) is 4.39 Å². The van der Waals surface area contributed by atoms with Crippen LogP contribution in [0.3, 0.4) is 0 Å². The van der Waals surface area contributed by atoms with Crippen LogP contribution >= 0.6 is 11.6 Å². The number of hydrogen-bond donors (Lipinski definition) is 0. The molecule has 0 spiro atoms. The summed E-state index contributed by atoms with van der Waals surface area (Å²) >= 11 is 6.10. The van der Waals surface area contributed by atoms with Gasteiger partial charge in [0.05, 0.1) is 12.5 Å². The predicted octanol–water partition coefficient (Wildman–Crippen LogP) is 4.93. The van der Waals surface area contributed by atoms with Crippen molar-refractivity contribution in [3.8, 4) is 0 Å². The lowest BCUT2D eigenvalue weighted by Gasteiger charge is -2.23. The highest BCUT2D eigenvalue weighted by Crippen LogP contribution is 2.28. The number of esters is 1. The van der Waals surface area contributed by atoms with Gasteiger partial charge in [-0.15, -0.1) is 0 Å². The standard InChI is InChI=1S/C21H22ClFO2/c1-2-25-21(24)17-10-9-15-12-14(6-8-16(15)13-17)7-11-18-19(22)4-3-5-20(18)23/h3-6,8,12,17H,2,7,9-11,13H2,1H3. The zero-order chi connectivity index (χ0) is 17.8. The highest BCUT2D eigenvalue weighted by atomic mass is 35.5. The first kappa shape index (κ1) is 17.9. The van der Waals surface area contributed by atoms with E-state index in [2.05, 4.69) is 18.2 Å². The molecule has 1 aliphatic rings. The second-order valence-electron chi connectivity index (χ2n) is 6.50. The van der Waals surface area contributed by atoms with Crippen molar-refractivity contribution in [1.82, 2.24) is 0 Å². The quantitative estimate of drug-likeness (QED) is 0.706. The van der Waals surface area contributed by atoms with Gasteiger partial charge in [0, 0.05) is 10.6 Å². The lowest BCUT2D eigenvalue weighted by Crippen LogP contribution is -2.24. The average molecular weight is 361 g/mol. The summed E-state index contributed by atoms with van der Waals surface area (Å²) in [4.78, 5) is 11.9. The van der Waals surface area contributed by atoms with Crippen LogP contribution in [0.15, 0.2) is 36.4 Å². The molecule has 0 bridgehead atoms. The van der Waals surface area contributed by atoms with Gasteiger partial charge in [-0.3, -0.25) is 4.79 Å². The Bertz CT molecular complexity index is 752. The molecule has 1 atom stereocenters. The summed E-state index contributed by atoms with van der Waals surface area (Å²) in [5, 5.41) is 0.482. The molecule has 0 heterocycles. The number of benzene rings is 2. The van der Waals surface area contributed by atoms with Gasteiger partial charge >= 0.3 is 5.97 Å². The predicted molar refractivity (Wildman–Crippen MR) is 97.4 cm³/mol. The second kappa shape index (κ2) is 8.01. The van der Waals surface area contributed by atoms with E-state index in [0.29, 0.717) is 23.6 Å². The number of carbonyl (C=O) groups is 1. The summed E-state index contributed by atoms with van der Waals surface area (Å²) in [6.07, 6.45) is 3.78. The molecule has 0 aliphatic heterocycles. The van der Waals surface area contributed by atoms with E-state index in [9.17, 15) is 9.18 Å². The molecule has 132 valence electrons. The zero-order valence-corrected chi connectivity index (χ0v) is 15.1. The Morgan fingerprint density at radius 3 is 2.84 bits per heavy atom. The molecule has 2 nitrogen and oxygen atoms in total. The Balaban J connectivity index is 1.67. The summed E-state index contributed by atoms with van der Waals surface area (Å²) in [6, 6.07) is 11.2. The number of ether oxygens (including phenoxy) is 1. The summed E-state index contributed by atoms with van der Waals surface area (Å²) in [5.74, 6) is -0.371. The monoisotopic (exact) mass is 360 g/mol. The molecular weight excluding hydrogens is 339 g/mol. The number of carbonyl (C=O) groups excluding carboxylic acids is 1. The summed E-state index contributed by atoms with van der Waals surface area (Å²) in [6.45, 7) is 2.27. The number of aryl methyl sites for hydroxylation is 2. The smallest absolute Gasteiger partial charge is 0.309 e. The Morgan fingerprint density at radius 2 is 2.08 bits per heavy atom. The highest BCUT2D eigenvalue weighted by molar-refractivity contribution is 6.31. The van der Waals surface area contributed by atoms with Crippen molar-refractivity contribution >= 4 is 17.6 Å². The van der Waals surface area contributed by atoms with Gasteiger partial charge in [-0.2, -0.15) is 0 Å². The Kier molecular flexibility index (Phi) is 5.74. The van der Waals surface area contributed by atoms with Crippen molar-refractivity contribution in [2.45, 2.75) is 39.0 Å². The Morgan fingerprint density at radius 1 is 1.24 bits per heavy atom. The maximum atomic E-state index is 13.9. The van der Waals surface area contributed by atoms with E-state index in [1.807, 2.05) is 6.92 Å². The maximum Gasteiger partial charge on any atom is 0.309 e. The third-order valence-corrected chi connectivity index (χ3v) is 5.20. The van der Waals surface area contributed by atoms with Crippen molar-refractivity contribution in [3.63, 3.8) is 0 Å². The van der Waals surface area contributed by atoms with Crippen LogP contribution in [0.4, 0.5) is 4.39 Å². The number of fused-ring (bicyclic) bond motifs is 1. The van der Waals surface area contributed by atoms with Crippen molar-refractivity contribution in [2.24, 2.45) is 5.92 Å². The van der Waals surface area contributed by atoms with E-state index >= 15 is 0 Å². The number of rotatable bonds is 5. The topological polar surface area (TPSA) is 26.3 Å². The van der Waals surface area contributed by atoms with Crippen molar-refractivity contribution in [2.75, 3.05) is 6.61 Å². The van der Waals surface area contributed by atoms with Crippen LogP contribution in [0.1, 0.15) is 35.6 Å². The van der Waals surface area contributed by atoms with E-state index in [-0.39, 0.29) is 17.7 Å². The van der Waals surface area contributed by atoms with E-state index < -0.39 is 0 Å². The zero-order valence-electron chi connectivity index (χ0n) is 14.4. The lowest BCUT2D eigenvalue weighted by atomic mass is 9.83. The van der Waals surface area contributed by atoms with Crippen LogP contribution in [0, 0.1) is 11.7 Å². The SMILES string of the molecule is CCOC(=O)C1CCc2cc(CCc3c(F)cccc3Cl)ccc2C1. The molecule has 2 aromatic rings. The largest absolute Gasteiger partial charge is 0.466 e. The lowest BCUT2D eigenvalue weighted by molar-refractivity contribution is -0.148. The Labute approximate surface area is 153 Å². The minimum Gasteiger partial charge on any atom is -0.466 e. The van der Waals surface area contributed by atoms with Gasteiger partial charge in [0.2, 0.25) is 0 Å². The average Bonchev–Trinajstić information content (AvgIpc) is 2.61. The molecule has 1 unspecified atom stereocenters. The molecule has 25 heavy (non-hydrogen) atoms. The minimum absolute atomic E-state index is 0.0319. The second-order valence-corrected chi connectivity index (χ2v) is 6.90. The molecule has 0 N–H and O–H groups in total. The van der Waals surface area contributed by atoms with Gasteiger partial charge in [-0.05, 0) is 67.9 Å². The van der Waals surface area contributed by atoms with Gasteiger partial charge in [0.1, 0.15) is 5.82 Å². The van der Waals surface area contributed by atoms with Crippen molar-refractivity contribution in [1.29, 1.82) is 0 Å². The van der Waals surface area contributed by atoms with Crippen molar-refractivity contribution in [3.05, 3.63) is 69.5 Å². The molecule has 0 amide bonds. The fourth-order valence-electron chi connectivity index (χ4n) is 3.47. The normalized spacial score (nSPS) is 16.4. The van der Waals surface area contributed by atoms with Crippen LogP contribution in [0.25, 0.3) is 0 Å². The van der Waals surface area contributed by atoms with Gasteiger partial charge in [0.25, 0.3) is 0 Å². The summed E-state index contributed by atoms with van der Waals surface area (Å²) < 4.78 is 19.0. The molecule has 0 fully saturated rings. The molecule has 0 saturated heterocycles.